The molecular formula is C22H26N6O2S. The Morgan fingerprint density at radius 1 is 1.16 bits per heavy atom. The van der Waals surface area contributed by atoms with E-state index in [2.05, 4.69) is 26.2 Å². The largest absolute Gasteiger partial charge is 0.352 e. The Morgan fingerprint density at radius 2 is 2.00 bits per heavy atom. The van der Waals surface area contributed by atoms with Gasteiger partial charge in [0, 0.05) is 29.1 Å². The van der Waals surface area contributed by atoms with Crippen LogP contribution >= 0.6 is 11.3 Å². The lowest BCUT2D eigenvalue weighted by Gasteiger charge is -2.13. The molecule has 9 heteroatoms. The maximum absolute atomic E-state index is 13.1. The summed E-state index contributed by atoms with van der Waals surface area (Å²) in [5, 5.41) is 18.4. The summed E-state index contributed by atoms with van der Waals surface area (Å²) >= 11 is 1.53. The van der Waals surface area contributed by atoms with E-state index >= 15 is 0 Å². The van der Waals surface area contributed by atoms with Crippen LogP contribution in [0.1, 0.15) is 64.3 Å². The third-order valence-electron chi connectivity index (χ3n) is 5.38. The molecule has 3 aromatic rings. The normalized spacial score (nSPS) is 13.0. The highest BCUT2D eigenvalue weighted by atomic mass is 32.1. The first-order chi connectivity index (χ1) is 15.1. The summed E-state index contributed by atoms with van der Waals surface area (Å²) in [4.78, 5) is 27.2. The predicted molar refractivity (Wildman–Crippen MR) is 120 cm³/mol. The topological polar surface area (TPSA) is 102 Å². The van der Waals surface area contributed by atoms with Gasteiger partial charge in [-0.15, -0.1) is 16.4 Å². The van der Waals surface area contributed by atoms with Crippen molar-refractivity contribution in [2.24, 2.45) is 0 Å². The molecule has 162 valence electrons. The quantitative estimate of drug-likeness (QED) is 0.586. The SMILES string of the molecule is CCCNC(=O)c1c(NC(=O)c2cccc(-c3nnnn3CC)c2)sc2c1CCCC2. The lowest BCUT2D eigenvalue weighted by molar-refractivity contribution is 0.0954. The average molecular weight is 439 g/mol. The van der Waals surface area contributed by atoms with Crippen molar-refractivity contribution >= 4 is 28.2 Å². The number of benzene rings is 1. The maximum atomic E-state index is 13.1. The zero-order chi connectivity index (χ0) is 21.8. The second-order valence-corrected chi connectivity index (χ2v) is 8.63. The lowest BCUT2D eigenvalue weighted by atomic mass is 9.95. The zero-order valence-corrected chi connectivity index (χ0v) is 18.6. The molecule has 2 N–H and O–H groups in total. The van der Waals surface area contributed by atoms with Crippen LogP contribution in [-0.2, 0) is 19.4 Å². The number of nitrogens with one attached hydrogen (secondary N) is 2. The van der Waals surface area contributed by atoms with Gasteiger partial charge in [-0.3, -0.25) is 9.59 Å². The van der Waals surface area contributed by atoms with Gasteiger partial charge in [-0.05, 0) is 67.2 Å². The number of fused-ring (bicyclic) bond motifs is 1. The minimum absolute atomic E-state index is 0.104. The molecule has 31 heavy (non-hydrogen) atoms. The Kier molecular flexibility index (Phi) is 6.41. The van der Waals surface area contributed by atoms with Gasteiger partial charge in [-0.2, -0.15) is 0 Å². The summed E-state index contributed by atoms with van der Waals surface area (Å²) in [5.41, 5.74) is 2.99. The molecule has 0 bridgehead atoms. The number of tetrazole rings is 1. The Labute approximate surface area is 185 Å². The van der Waals surface area contributed by atoms with Crippen molar-refractivity contribution in [1.29, 1.82) is 0 Å². The Hall–Kier alpha value is -3.07. The van der Waals surface area contributed by atoms with E-state index in [1.165, 1.54) is 16.2 Å². The maximum Gasteiger partial charge on any atom is 0.256 e. The van der Waals surface area contributed by atoms with Crippen molar-refractivity contribution in [3.63, 3.8) is 0 Å². The minimum Gasteiger partial charge on any atom is -0.352 e. The van der Waals surface area contributed by atoms with E-state index in [0.29, 0.717) is 35.0 Å². The molecular weight excluding hydrogens is 412 g/mol. The first-order valence-electron chi connectivity index (χ1n) is 10.7. The van der Waals surface area contributed by atoms with Crippen LogP contribution in [0.3, 0.4) is 0 Å². The molecule has 2 aromatic heterocycles. The Bertz CT molecular complexity index is 1100. The van der Waals surface area contributed by atoms with Gasteiger partial charge >= 0.3 is 0 Å². The van der Waals surface area contributed by atoms with Gasteiger partial charge in [0.05, 0.1) is 5.56 Å². The van der Waals surface area contributed by atoms with Crippen LogP contribution in [0.4, 0.5) is 5.00 Å². The highest BCUT2D eigenvalue weighted by Gasteiger charge is 2.26. The fourth-order valence-corrected chi connectivity index (χ4v) is 5.10. The second-order valence-electron chi connectivity index (χ2n) is 7.52. The molecule has 4 rings (SSSR count). The molecule has 8 nitrogen and oxygen atoms in total. The van der Waals surface area contributed by atoms with Crippen LogP contribution in [0, 0.1) is 0 Å². The van der Waals surface area contributed by atoms with Gasteiger partial charge in [-0.25, -0.2) is 4.68 Å². The summed E-state index contributed by atoms with van der Waals surface area (Å²) in [5.74, 6) is 0.260. The van der Waals surface area contributed by atoms with E-state index in [1.54, 1.807) is 16.8 Å². The fourth-order valence-electron chi connectivity index (χ4n) is 3.82. The van der Waals surface area contributed by atoms with Crippen LogP contribution in [0.2, 0.25) is 0 Å². The first-order valence-corrected chi connectivity index (χ1v) is 11.5. The van der Waals surface area contributed by atoms with E-state index < -0.39 is 0 Å². The van der Waals surface area contributed by atoms with Crippen LogP contribution in [-0.4, -0.2) is 38.6 Å². The highest BCUT2D eigenvalue weighted by Crippen LogP contribution is 2.38. The second kappa shape index (κ2) is 9.38. The van der Waals surface area contributed by atoms with Crippen molar-refractivity contribution in [1.82, 2.24) is 25.5 Å². The van der Waals surface area contributed by atoms with Gasteiger partial charge in [0.1, 0.15) is 5.00 Å². The molecule has 1 aliphatic carbocycles. The lowest BCUT2D eigenvalue weighted by Crippen LogP contribution is -2.26. The van der Waals surface area contributed by atoms with Crippen molar-refractivity contribution in [2.45, 2.75) is 52.5 Å². The zero-order valence-electron chi connectivity index (χ0n) is 17.8. The number of hydrogen-bond donors (Lipinski definition) is 2. The molecule has 1 aromatic carbocycles. The van der Waals surface area contributed by atoms with Gasteiger partial charge in [0.25, 0.3) is 11.8 Å². The standard InChI is InChI=1S/C22H26N6O2S/c1-3-12-23-21(30)18-16-10-5-6-11-17(16)31-22(18)24-20(29)15-9-7-8-14(13-15)19-25-26-27-28(19)4-2/h7-9,13H,3-6,10-12H2,1-2H3,(H,23,30)(H,24,29). The predicted octanol–water partition coefficient (Wildman–Crippen LogP) is 3.69. The number of amides is 2. The summed E-state index contributed by atoms with van der Waals surface area (Å²) in [6.07, 6.45) is 4.89. The van der Waals surface area contributed by atoms with Gasteiger partial charge in [0.2, 0.25) is 0 Å². The molecule has 0 unspecified atom stereocenters. The number of hydrogen-bond acceptors (Lipinski definition) is 6. The molecule has 0 atom stereocenters. The Balaban J connectivity index is 1.62. The van der Waals surface area contributed by atoms with E-state index in [4.69, 9.17) is 0 Å². The number of thiophene rings is 1. The number of carbonyl (C=O) groups excluding carboxylic acids is 2. The van der Waals surface area contributed by atoms with Gasteiger partial charge in [0.15, 0.2) is 5.82 Å². The van der Waals surface area contributed by atoms with Crippen LogP contribution in [0.5, 0.6) is 0 Å². The van der Waals surface area contributed by atoms with E-state index in [9.17, 15) is 9.59 Å². The van der Waals surface area contributed by atoms with E-state index in [1.807, 2.05) is 26.0 Å². The molecule has 0 fully saturated rings. The van der Waals surface area contributed by atoms with Crippen molar-refractivity contribution in [3.05, 3.63) is 45.8 Å². The average Bonchev–Trinajstić information content (AvgIpc) is 3.41. The monoisotopic (exact) mass is 438 g/mol. The number of anilines is 1. The Morgan fingerprint density at radius 3 is 2.81 bits per heavy atom. The van der Waals surface area contributed by atoms with Crippen molar-refractivity contribution in [3.8, 4) is 11.4 Å². The molecule has 2 amide bonds. The number of aryl methyl sites for hydroxylation is 2. The number of nitrogens with zero attached hydrogens (tertiary/aromatic N) is 4. The fraction of sp³-hybridized carbons (Fsp3) is 0.409. The molecule has 1 aliphatic rings. The van der Waals surface area contributed by atoms with E-state index in [-0.39, 0.29) is 11.8 Å². The molecule has 0 saturated carbocycles. The third kappa shape index (κ3) is 4.36. The summed E-state index contributed by atoms with van der Waals surface area (Å²) in [7, 11) is 0. The number of aromatic nitrogens is 4. The number of carbonyl (C=O) groups is 2. The third-order valence-corrected chi connectivity index (χ3v) is 6.58. The van der Waals surface area contributed by atoms with Crippen LogP contribution < -0.4 is 10.6 Å². The van der Waals surface area contributed by atoms with Crippen molar-refractivity contribution in [2.75, 3.05) is 11.9 Å². The van der Waals surface area contributed by atoms with Crippen LogP contribution in [0.25, 0.3) is 11.4 Å². The highest BCUT2D eigenvalue weighted by molar-refractivity contribution is 7.17. The molecule has 2 heterocycles. The van der Waals surface area contributed by atoms with Crippen molar-refractivity contribution < 1.29 is 9.59 Å². The summed E-state index contributed by atoms with van der Waals surface area (Å²) in [6, 6.07) is 7.22. The van der Waals surface area contributed by atoms with Gasteiger partial charge in [-0.1, -0.05) is 19.1 Å². The van der Waals surface area contributed by atoms with Crippen LogP contribution in [0.15, 0.2) is 24.3 Å². The summed E-state index contributed by atoms with van der Waals surface area (Å²) in [6.45, 7) is 5.23. The van der Waals surface area contributed by atoms with Gasteiger partial charge < -0.3 is 10.6 Å². The summed E-state index contributed by atoms with van der Waals surface area (Å²) < 4.78 is 1.68. The molecule has 0 saturated heterocycles. The number of rotatable bonds is 7. The molecule has 0 spiro atoms. The molecule has 0 aliphatic heterocycles. The van der Waals surface area contributed by atoms with E-state index in [0.717, 1.165) is 43.2 Å². The minimum atomic E-state index is -0.250. The first kappa shape index (κ1) is 21.2. The smallest absolute Gasteiger partial charge is 0.256 e. The molecule has 0 radical (unpaired) electrons.